The monoisotopic (exact) mass is 584 g/mol. The number of likely N-dealkylation sites (tertiary alicyclic amines) is 2. The molecule has 2 aliphatic heterocycles. The summed E-state index contributed by atoms with van der Waals surface area (Å²) in [4.78, 5) is 41.6. The number of sulfonamides is 1. The van der Waals surface area contributed by atoms with Crippen LogP contribution in [-0.4, -0.2) is 85.7 Å². The van der Waals surface area contributed by atoms with Gasteiger partial charge in [-0.1, -0.05) is 30.3 Å². The highest BCUT2D eigenvalue weighted by Crippen LogP contribution is 2.22. The van der Waals surface area contributed by atoms with Gasteiger partial charge in [0.2, 0.25) is 21.8 Å². The minimum Gasteiger partial charge on any atom is -0.478 e. The Hall–Kier alpha value is -3.97. The number of carbonyl (C=O) groups is 3. The molecule has 2 heterocycles. The Morgan fingerprint density at radius 1 is 1.02 bits per heavy atom. The molecule has 2 saturated heterocycles. The predicted octanol–water partition coefficient (Wildman–Crippen LogP) is 0.996. The molecule has 2 amide bonds. The zero-order chi connectivity index (χ0) is 29.4. The molecule has 2 aromatic rings. The molecule has 41 heavy (non-hydrogen) atoms. The van der Waals surface area contributed by atoms with Gasteiger partial charge < -0.3 is 26.1 Å². The van der Waals surface area contributed by atoms with Crippen LogP contribution in [0.25, 0.3) is 0 Å². The summed E-state index contributed by atoms with van der Waals surface area (Å²) in [5.41, 5.74) is 0.697. The fraction of sp³-hybridized carbons (Fsp3) is 0.429. The van der Waals surface area contributed by atoms with E-state index in [9.17, 15) is 22.8 Å². The number of nitrogens with two attached hydrogens (primary N) is 1. The van der Waals surface area contributed by atoms with E-state index in [1.165, 1.54) is 29.2 Å². The third kappa shape index (κ3) is 7.82. The molecule has 0 aliphatic carbocycles. The summed E-state index contributed by atoms with van der Waals surface area (Å²) in [5.74, 6) is 3.63. The fourth-order valence-electron chi connectivity index (χ4n) is 5.29. The Bertz CT molecular complexity index is 1340. The number of hydrogen-bond donors (Lipinski definition) is 4. The highest BCUT2D eigenvalue weighted by Gasteiger charge is 2.39. The molecule has 2 atom stereocenters. The lowest BCUT2D eigenvalue weighted by molar-refractivity contribution is -0.139. The fourth-order valence-corrected chi connectivity index (χ4v) is 6.48. The lowest BCUT2D eigenvalue weighted by atomic mass is 9.97. The molecule has 0 bridgehead atoms. The molecule has 12 nitrogen and oxygen atoms in total. The van der Waals surface area contributed by atoms with Gasteiger partial charge in [0.15, 0.2) is 0 Å². The molecule has 2 aromatic carbocycles. The molecule has 0 unspecified atom stereocenters. The average Bonchev–Trinajstić information content (AvgIpc) is 3.47. The summed E-state index contributed by atoms with van der Waals surface area (Å²) < 4.78 is 29.0. The van der Waals surface area contributed by atoms with E-state index in [-0.39, 0.29) is 22.8 Å². The Balaban J connectivity index is 1.46. The van der Waals surface area contributed by atoms with Gasteiger partial charge in [0, 0.05) is 26.2 Å². The van der Waals surface area contributed by atoms with Crippen LogP contribution in [0.5, 0.6) is 0 Å². The van der Waals surface area contributed by atoms with Crippen LogP contribution >= 0.6 is 0 Å². The standard InChI is InChI=1S/C28H36N6O6S/c29-31-19-33-15-12-21(13-16-33)18-30-26(35)25-7-4-14-34(25)27(36)24(17-20-5-2-1-3-6-20)32-41(39,40)23-10-8-22(9-11-23)28(37)38/h1-3,5-6,8-11,19,21,24-25,32H,4,7,12-18,29H2,(H,30,35)(H,37,38)/t24-,25+/m1/s1. The Kier molecular flexibility index (Phi) is 9.95. The van der Waals surface area contributed by atoms with Gasteiger partial charge in [0.25, 0.3) is 0 Å². The first kappa shape index (κ1) is 30.0. The molecule has 2 fully saturated rings. The number of aromatic carboxylic acids is 1. The number of carboxylic acid groups (broad SMARTS) is 1. The van der Waals surface area contributed by atoms with Gasteiger partial charge in [0.1, 0.15) is 18.4 Å². The number of hydrazone groups is 1. The van der Waals surface area contributed by atoms with Gasteiger partial charge >= 0.3 is 5.97 Å². The third-order valence-corrected chi connectivity index (χ3v) is 9.06. The lowest BCUT2D eigenvalue weighted by Crippen LogP contribution is -2.54. The molecular weight excluding hydrogens is 548 g/mol. The molecule has 5 N–H and O–H groups in total. The second-order valence-electron chi connectivity index (χ2n) is 10.4. The largest absolute Gasteiger partial charge is 0.478 e. The number of carbonyl (C=O) groups excluding carboxylic acids is 2. The van der Waals surface area contributed by atoms with E-state index in [2.05, 4.69) is 15.1 Å². The highest BCUT2D eigenvalue weighted by atomic mass is 32.2. The van der Waals surface area contributed by atoms with Crippen molar-refractivity contribution in [3.63, 3.8) is 0 Å². The summed E-state index contributed by atoms with van der Waals surface area (Å²) in [6.07, 6.45) is 4.58. The van der Waals surface area contributed by atoms with Crippen molar-refractivity contribution in [2.24, 2.45) is 16.9 Å². The van der Waals surface area contributed by atoms with Crippen LogP contribution in [0.15, 0.2) is 64.6 Å². The van der Waals surface area contributed by atoms with E-state index in [1.54, 1.807) is 30.6 Å². The smallest absolute Gasteiger partial charge is 0.335 e. The minimum absolute atomic E-state index is 0.0539. The number of amides is 2. The van der Waals surface area contributed by atoms with Crippen LogP contribution < -0.4 is 15.9 Å². The Labute approximate surface area is 239 Å². The number of benzene rings is 2. The maximum atomic E-state index is 13.8. The maximum Gasteiger partial charge on any atom is 0.335 e. The average molecular weight is 585 g/mol. The van der Waals surface area contributed by atoms with Crippen molar-refractivity contribution in [3.05, 3.63) is 65.7 Å². The number of nitrogens with zero attached hydrogens (tertiary/aromatic N) is 3. The van der Waals surface area contributed by atoms with Crippen LogP contribution in [0.1, 0.15) is 41.6 Å². The van der Waals surface area contributed by atoms with Gasteiger partial charge in [-0.05, 0) is 67.9 Å². The van der Waals surface area contributed by atoms with E-state index in [1.807, 2.05) is 11.0 Å². The zero-order valence-corrected chi connectivity index (χ0v) is 23.5. The molecule has 4 rings (SSSR count). The van der Waals surface area contributed by atoms with E-state index < -0.39 is 34.0 Å². The topological polar surface area (TPSA) is 174 Å². The van der Waals surface area contributed by atoms with E-state index >= 15 is 0 Å². The summed E-state index contributed by atoms with van der Waals surface area (Å²) >= 11 is 0. The van der Waals surface area contributed by atoms with Gasteiger partial charge in [-0.15, -0.1) is 0 Å². The first-order valence-corrected chi connectivity index (χ1v) is 15.1. The van der Waals surface area contributed by atoms with Crippen molar-refractivity contribution < 1.29 is 27.9 Å². The van der Waals surface area contributed by atoms with Crippen molar-refractivity contribution in [2.45, 2.75) is 49.1 Å². The number of hydrogen-bond acceptors (Lipinski definition) is 7. The van der Waals surface area contributed by atoms with Crippen molar-refractivity contribution in [1.82, 2.24) is 19.8 Å². The summed E-state index contributed by atoms with van der Waals surface area (Å²) in [6.45, 7) is 2.44. The van der Waals surface area contributed by atoms with Gasteiger partial charge in [0.05, 0.1) is 10.5 Å². The van der Waals surface area contributed by atoms with Crippen LogP contribution in [0, 0.1) is 5.92 Å². The number of piperidine rings is 1. The summed E-state index contributed by atoms with van der Waals surface area (Å²) in [6, 6.07) is 11.9. The number of carboxylic acids is 1. The quantitative estimate of drug-likeness (QED) is 0.131. The van der Waals surface area contributed by atoms with Crippen molar-refractivity contribution in [2.75, 3.05) is 26.2 Å². The van der Waals surface area contributed by atoms with E-state index in [4.69, 9.17) is 10.9 Å². The molecule has 0 radical (unpaired) electrons. The first-order valence-electron chi connectivity index (χ1n) is 13.6. The first-order chi connectivity index (χ1) is 19.7. The van der Waals surface area contributed by atoms with Crippen molar-refractivity contribution >= 4 is 34.1 Å². The van der Waals surface area contributed by atoms with E-state index in [0.29, 0.717) is 31.8 Å². The van der Waals surface area contributed by atoms with Crippen molar-refractivity contribution in [1.29, 1.82) is 0 Å². The lowest BCUT2D eigenvalue weighted by Gasteiger charge is -2.31. The molecule has 0 aromatic heterocycles. The Morgan fingerprint density at radius 2 is 1.71 bits per heavy atom. The maximum absolute atomic E-state index is 13.8. The zero-order valence-electron chi connectivity index (χ0n) is 22.7. The molecule has 13 heteroatoms. The third-order valence-electron chi connectivity index (χ3n) is 7.57. The van der Waals surface area contributed by atoms with Gasteiger partial charge in [-0.2, -0.15) is 9.82 Å². The molecule has 220 valence electrons. The van der Waals surface area contributed by atoms with Crippen molar-refractivity contribution in [3.8, 4) is 0 Å². The van der Waals surface area contributed by atoms with Gasteiger partial charge in [-0.25, -0.2) is 13.2 Å². The molecule has 0 spiro atoms. The molecule has 2 aliphatic rings. The van der Waals surface area contributed by atoms with Gasteiger partial charge in [-0.3, -0.25) is 9.59 Å². The van der Waals surface area contributed by atoms with E-state index in [0.717, 1.165) is 31.5 Å². The normalized spacial score (nSPS) is 18.9. The second-order valence-corrected chi connectivity index (χ2v) is 12.1. The predicted molar refractivity (Wildman–Crippen MR) is 152 cm³/mol. The number of rotatable bonds is 11. The molecule has 0 saturated carbocycles. The Morgan fingerprint density at radius 3 is 2.34 bits per heavy atom. The molecular formula is C28H36N6O6S. The SMILES string of the molecule is NN=CN1CCC(CNC(=O)[C@@H]2CCCN2C(=O)[C@@H](Cc2ccccc2)NS(=O)(=O)c2ccc(C(=O)O)cc2)CC1. The summed E-state index contributed by atoms with van der Waals surface area (Å²) in [5, 5.41) is 15.7. The van der Waals surface area contributed by atoms with Crippen LogP contribution in [0.2, 0.25) is 0 Å². The minimum atomic E-state index is -4.18. The highest BCUT2D eigenvalue weighted by molar-refractivity contribution is 7.89. The van der Waals surface area contributed by atoms with Crippen LogP contribution in [0.3, 0.4) is 0 Å². The van der Waals surface area contributed by atoms with Crippen LogP contribution in [0.4, 0.5) is 0 Å². The number of nitrogens with one attached hydrogen (secondary N) is 2. The van der Waals surface area contributed by atoms with Crippen LogP contribution in [-0.2, 0) is 26.0 Å². The summed E-state index contributed by atoms with van der Waals surface area (Å²) in [7, 11) is -4.18. The second kappa shape index (κ2) is 13.6.